The summed E-state index contributed by atoms with van der Waals surface area (Å²) in [6.07, 6.45) is 5.08. The Morgan fingerprint density at radius 2 is 2.35 bits per heavy atom. The maximum atomic E-state index is 5.23. The molecule has 0 radical (unpaired) electrons. The van der Waals surface area contributed by atoms with Crippen LogP contribution in [0.3, 0.4) is 0 Å². The zero-order chi connectivity index (χ0) is 11.7. The third kappa shape index (κ3) is 2.20. The summed E-state index contributed by atoms with van der Waals surface area (Å²) in [6, 6.07) is 7.05. The second-order valence-electron chi connectivity index (χ2n) is 4.95. The zero-order valence-corrected chi connectivity index (χ0v) is 10.2. The molecule has 0 spiro atoms. The molecule has 1 atom stereocenters. The number of nitrogens with zero attached hydrogens (tertiary/aromatic N) is 1. The van der Waals surface area contributed by atoms with E-state index >= 15 is 0 Å². The van der Waals surface area contributed by atoms with E-state index in [1.807, 2.05) is 13.0 Å². The van der Waals surface area contributed by atoms with Crippen LogP contribution >= 0.6 is 0 Å². The first-order valence-corrected chi connectivity index (χ1v) is 6.41. The van der Waals surface area contributed by atoms with Gasteiger partial charge in [0, 0.05) is 11.4 Å². The lowest BCUT2D eigenvalue weighted by Crippen LogP contribution is -2.35. The smallest absolute Gasteiger partial charge is 0.167 e. The average molecular weight is 230 g/mol. The molecule has 0 aliphatic carbocycles. The molecule has 0 bridgehead atoms. The average Bonchev–Trinajstić information content (AvgIpc) is 2.73. The summed E-state index contributed by atoms with van der Waals surface area (Å²) in [5.74, 6) is 0. The SMILES string of the molecule is Cc1noc2ccc(CC3CCCCN3)cc12. The van der Waals surface area contributed by atoms with Gasteiger partial charge in [0.05, 0.1) is 5.69 Å². The van der Waals surface area contributed by atoms with Gasteiger partial charge >= 0.3 is 0 Å². The van der Waals surface area contributed by atoms with Crippen LogP contribution in [0.5, 0.6) is 0 Å². The summed E-state index contributed by atoms with van der Waals surface area (Å²) in [5.41, 5.74) is 3.25. The second-order valence-corrected chi connectivity index (χ2v) is 4.95. The summed E-state index contributed by atoms with van der Waals surface area (Å²) < 4.78 is 5.23. The van der Waals surface area contributed by atoms with E-state index in [9.17, 15) is 0 Å². The van der Waals surface area contributed by atoms with Gasteiger partial charge in [0.15, 0.2) is 5.58 Å². The summed E-state index contributed by atoms with van der Waals surface area (Å²) in [4.78, 5) is 0. The largest absolute Gasteiger partial charge is 0.356 e. The predicted molar refractivity (Wildman–Crippen MR) is 68.1 cm³/mol. The van der Waals surface area contributed by atoms with Crippen molar-refractivity contribution in [1.82, 2.24) is 10.5 Å². The molecular formula is C14H18N2O. The molecule has 1 aliphatic heterocycles. The van der Waals surface area contributed by atoms with E-state index in [0.717, 1.165) is 23.1 Å². The number of aryl methyl sites for hydroxylation is 1. The van der Waals surface area contributed by atoms with Crippen LogP contribution in [0.25, 0.3) is 11.0 Å². The molecular weight excluding hydrogens is 212 g/mol. The Hall–Kier alpha value is -1.35. The Kier molecular flexibility index (Phi) is 2.85. The van der Waals surface area contributed by atoms with Crippen LogP contribution in [0.4, 0.5) is 0 Å². The fraction of sp³-hybridized carbons (Fsp3) is 0.500. The minimum atomic E-state index is 0.640. The molecule has 1 unspecified atom stereocenters. The van der Waals surface area contributed by atoms with E-state index in [1.165, 1.54) is 31.4 Å². The third-order valence-corrected chi connectivity index (χ3v) is 3.61. The van der Waals surface area contributed by atoms with Crippen LogP contribution in [0, 0.1) is 6.92 Å². The monoisotopic (exact) mass is 230 g/mol. The van der Waals surface area contributed by atoms with Crippen LogP contribution in [-0.2, 0) is 6.42 Å². The van der Waals surface area contributed by atoms with Gasteiger partial charge in [-0.25, -0.2) is 0 Å². The summed E-state index contributed by atoms with van der Waals surface area (Å²) in [7, 11) is 0. The normalized spacial score (nSPS) is 20.9. The lowest BCUT2D eigenvalue weighted by atomic mass is 9.97. The standard InChI is InChI=1S/C14H18N2O/c1-10-13-9-11(5-6-14(13)17-16-10)8-12-4-2-3-7-15-12/h5-6,9,12,15H,2-4,7-8H2,1H3. The quantitative estimate of drug-likeness (QED) is 0.862. The lowest BCUT2D eigenvalue weighted by molar-refractivity contribution is 0.399. The Bertz CT molecular complexity index is 512. The molecule has 17 heavy (non-hydrogen) atoms. The maximum Gasteiger partial charge on any atom is 0.167 e. The summed E-state index contributed by atoms with van der Waals surface area (Å²) in [5, 5.41) is 8.73. The predicted octanol–water partition coefficient (Wildman–Crippen LogP) is 2.82. The Morgan fingerprint density at radius 3 is 3.18 bits per heavy atom. The molecule has 1 aromatic heterocycles. The van der Waals surface area contributed by atoms with Crippen molar-refractivity contribution in [3.63, 3.8) is 0 Å². The van der Waals surface area contributed by atoms with E-state index in [1.54, 1.807) is 0 Å². The number of benzene rings is 1. The van der Waals surface area contributed by atoms with Gasteiger partial charge in [0.1, 0.15) is 0 Å². The van der Waals surface area contributed by atoms with Crippen LogP contribution < -0.4 is 5.32 Å². The summed E-state index contributed by atoms with van der Waals surface area (Å²) >= 11 is 0. The van der Waals surface area contributed by atoms with E-state index in [4.69, 9.17) is 4.52 Å². The molecule has 2 aromatic rings. The molecule has 0 saturated carbocycles. The first kappa shape index (κ1) is 10.8. The topological polar surface area (TPSA) is 38.1 Å². The van der Waals surface area contributed by atoms with Crippen molar-refractivity contribution in [1.29, 1.82) is 0 Å². The Morgan fingerprint density at radius 1 is 1.41 bits per heavy atom. The molecule has 2 heterocycles. The fourth-order valence-electron chi connectivity index (χ4n) is 2.62. The van der Waals surface area contributed by atoms with Crippen molar-refractivity contribution in [2.45, 2.75) is 38.6 Å². The van der Waals surface area contributed by atoms with Crippen LogP contribution in [0.15, 0.2) is 22.7 Å². The second kappa shape index (κ2) is 4.49. The van der Waals surface area contributed by atoms with E-state index in [2.05, 4.69) is 22.6 Å². The van der Waals surface area contributed by atoms with Crippen molar-refractivity contribution in [2.24, 2.45) is 0 Å². The first-order chi connectivity index (χ1) is 8.33. The number of aromatic nitrogens is 1. The molecule has 1 fully saturated rings. The van der Waals surface area contributed by atoms with Crippen molar-refractivity contribution in [3.05, 3.63) is 29.5 Å². The van der Waals surface area contributed by atoms with Crippen molar-refractivity contribution in [2.75, 3.05) is 6.54 Å². The fourth-order valence-corrected chi connectivity index (χ4v) is 2.62. The molecule has 90 valence electrons. The highest BCUT2D eigenvalue weighted by Crippen LogP contribution is 2.21. The van der Waals surface area contributed by atoms with Gasteiger partial charge in [0.2, 0.25) is 0 Å². The number of piperidine rings is 1. The summed E-state index contributed by atoms with van der Waals surface area (Å²) in [6.45, 7) is 3.16. The Balaban J connectivity index is 1.82. The van der Waals surface area contributed by atoms with Gasteiger partial charge in [-0.15, -0.1) is 0 Å². The van der Waals surface area contributed by atoms with Crippen molar-refractivity contribution >= 4 is 11.0 Å². The lowest BCUT2D eigenvalue weighted by Gasteiger charge is -2.23. The van der Waals surface area contributed by atoms with E-state index < -0.39 is 0 Å². The highest BCUT2D eigenvalue weighted by Gasteiger charge is 2.13. The molecule has 3 heteroatoms. The molecule has 1 saturated heterocycles. The van der Waals surface area contributed by atoms with Crippen molar-refractivity contribution < 1.29 is 4.52 Å². The number of nitrogens with one attached hydrogen (secondary N) is 1. The van der Waals surface area contributed by atoms with Crippen LogP contribution in [0.2, 0.25) is 0 Å². The van der Waals surface area contributed by atoms with E-state index in [0.29, 0.717) is 6.04 Å². The highest BCUT2D eigenvalue weighted by atomic mass is 16.5. The van der Waals surface area contributed by atoms with E-state index in [-0.39, 0.29) is 0 Å². The van der Waals surface area contributed by atoms with Crippen LogP contribution in [-0.4, -0.2) is 17.7 Å². The molecule has 3 rings (SSSR count). The minimum absolute atomic E-state index is 0.640. The van der Waals surface area contributed by atoms with Gasteiger partial charge < -0.3 is 9.84 Å². The van der Waals surface area contributed by atoms with Crippen molar-refractivity contribution in [3.8, 4) is 0 Å². The van der Waals surface area contributed by atoms with Gasteiger partial charge in [0.25, 0.3) is 0 Å². The molecule has 1 aromatic carbocycles. The van der Waals surface area contributed by atoms with Gasteiger partial charge in [-0.1, -0.05) is 17.6 Å². The number of hydrogen-bond donors (Lipinski definition) is 1. The Labute approximate surface area is 101 Å². The number of fused-ring (bicyclic) bond motifs is 1. The van der Waals surface area contributed by atoms with Crippen LogP contribution in [0.1, 0.15) is 30.5 Å². The maximum absolute atomic E-state index is 5.23. The number of rotatable bonds is 2. The third-order valence-electron chi connectivity index (χ3n) is 3.61. The molecule has 1 N–H and O–H groups in total. The van der Waals surface area contributed by atoms with Gasteiger partial charge in [-0.2, -0.15) is 0 Å². The number of hydrogen-bond acceptors (Lipinski definition) is 3. The minimum Gasteiger partial charge on any atom is -0.356 e. The molecule has 1 aliphatic rings. The first-order valence-electron chi connectivity index (χ1n) is 6.41. The van der Waals surface area contributed by atoms with Gasteiger partial charge in [-0.05, 0) is 50.4 Å². The molecule has 0 amide bonds. The highest BCUT2D eigenvalue weighted by molar-refractivity contribution is 5.79. The molecule has 3 nitrogen and oxygen atoms in total. The van der Waals surface area contributed by atoms with Gasteiger partial charge in [-0.3, -0.25) is 0 Å². The zero-order valence-electron chi connectivity index (χ0n) is 10.2.